The number of halogens is 5. The van der Waals surface area contributed by atoms with E-state index >= 15 is 0 Å². The predicted octanol–water partition coefficient (Wildman–Crippen LogP) is 4.17. The highest BCUT2D eigenvalue weighted by atomic mass is 35.5. The molecule has 1 amide bonds. The fourth-order valence-electron chi connectivity index (χ4n) is 2.87. The van der Waals surface area contributed by atoms with Gasteiger partial charge in [-0.3, -0.25) is 4.79 Å². The Morgan fingerprint density at radius 2 is 1.79 bits per heavy atom. The van der Waals surface area contributed by atoms with Crippen LogP contribution in [0.4, 0.5) is 24.7 Å². The van der Waals surface area contributed by atoms with E-state index in [1.807, 2.05) is 6.07 Å². The molecule has 1 aromatic heterocycles. The number of rotatable bonds is 4. The number of nitrogens with one attached hydrogen (secondary N) is 1. The maximum atomic E-state index is 12.7. The van der Waals surface area contributed by atoms with Crippen molar-refractivity contribution in [3.05, 3.63) is 52.1 Å². The van der Waals surface area contributed by atoms with Gasteiger partial charge in [-0.15, -0.1) is 0 Å². The van der Waals surface area contributed by atoms with Crippen LogP contribution in [0.2, 0.25) is 10.0 Å². The van der Waals surface area contributed by atoms with Crippen molar-refractivity contribution in [1.29, 1.82) is 0 Å². The number of alkyl halides is 3. The second kappa shape index (κ2) is 8.45. The van der Waals surface area contributed by atoms with Gasteiger partial charge in [-0.05, 0) is 18.2 Å². The molecule has 0 aliphatic carbocycles. The number of piperazine rings is 1. The van der Waals surface area contributed by atoms with E-state index in [0.717, 1.165) is 12.3 Å². The molecular formula is C18H17Cl2F3N4O. The first-order valence-corrected chi connectivity index (χ1v) is 9.25. The highest BCUT2D eigenvalue weighted by Gasteiger charge is 2.32. The Hall–Kier alpha value is -2.19. The van der Waals surface area contributed by atoms with Crippen LogP contribution in [0.25, 0.3) is 0 Å². The third-order valence-electron chi connectivity index (χ3n) is 4.38. The zero-order valence-corrected chi connectivity index (χ0v) is 16.2. The Labute approximate surface area is 170 Å². The fourth-order valence-corrected chi connectivity index (χ4v) is 3.36. The van der Waals surface area contributed by atoms with E-state index in [1.54, 1.807) is 28.0 Å². The van der Waals surface area contributed by atoms with Crippen molar-refractivity contribution in [2.75, 3.05) is 42.9 Å². The Balaban J connectivity index is 1.55. The number of hydrogen-bond acceptors (Lipinski definition) is 4. The number of carbonyl (C=O) groups excluding carboxylic acids is 1. The maximum Gasteiger partial charge on any atom is 0.417 e. The standard InChI is InChI=1S/C18H17Cl2F3N4O/c19-13-3-1-2-4-15(13)24-11-16(28)26-5-7-27(8-6-26)17-14(20)9-12(10-25-17)18(21,22)23/h1-4,9-10,24H,5-8,11H2. The average molecular weight is 433 g/mol. The molecule has 1 aliphatic heterocycles. The van der Waals surface area contributed by atoms with Gasteiger partial charge in [0.05, 0.1) is 27.8 Å². The number of carbonyl (C=O) groups is 1. The van der Waals surface area contributed by atoms with Gasteiger partial charge in [0.25, 0.3) is 0 Å². The van der Waals surface area contributed by atoms with Crippen LogP contribution < -0.4 is 10.2 Å². The molecule has 2 aromatic rings. The molecular weight excluding hydrogens is 416 g/mol. The fraction of sp³-hybridized carbons (Fsp3) is 0.333. The average Bonchev–Trinajstić information content (AvgIpc) is 2.66. The lowest BCUT2D eigenvalue weighted by Gasteiger charge is -2.36. The van der Waals surface area contributed by atoms with E-state index in [4.69, 9.17) is 23.2 Å². The first-order valence-electron chi connectivity index (χ1n) is 8.49. The first-order chi connectivity index (χ1) is 13.3. The van der Waals surface area contributed by atoms with Crippen molar-refractivity contribution in [2.24, 2.45) is 0 Å². The number of pyridine rings is 1. The lowest BCUT2D eigenvalue weighted by molar-refractivity contribution is -0.137. The van der Waals surface area contributed by atoms with Gasteiger partial charge in [0.1, 0.15) is 5.82 Å². The van der Waals surface area contributed by atoms with Crippen molar-refractivity contribution in [3.8, 4) is 0 Å². The number of aromatic nitrogens is 1. The molecule has 0 bridgehead atoms. The van der Waals surface area contributed by atoms with E-state index in [0.29, 0.717) is 36.9 Å². The molecule has 5 nitrogen and oxygen atoms in total. The van der Waals surface area contributed by atoms with Gasteiger partial charge in [0.2, 0.25) is 5.91 Å². The van der Waals surface area contributed by atoms with Gasteiger partial charge in [0.15, 0.2) is 0 Å². The summed E-state index contributed by atoms with van der Waals surface area (Å²) in [5.74, 6) is 0.196. The van der Waals surface area contributed by atoms with Crippen LogP contribution >= 0.6 is 23.2 Å². The van der Waals surface area contributed by atoms with Crippen molar-refractivity contribution >= 4 is 40.6 Å². The maximum absolute atomic E-state index is 12.7. The highest BCUT2D eigenvalue weighted by Crippen LogP contribution is 2.33. The van der Waals surface area contributed by atoms with Gasteiger partial charge >= 0.3 is 6.18 Å². The number of anilines is 2. The summed E-state index contributed by atoms with van der Waals surface area (Å²) in [6.45, 7) is 1.79. The second-order valence-corrected chi connectivity index (χ2v) is 7.04. The van der Waals surface area contributed by atoms with Crippen LogP contribution in [0.3, 0.4) is 0 Å². The molecule has 1 aliphatic rings. The third-order valence-corrected chi connectivity index (χ3v) is 4.99. The third kappa shape index (κ3) is 4.80. The molecule has 2 heterocycles. The van der Waals surface area contributed by atoms with Crippen molar-refractivity contribution in [1.82, 2.24) is 9.88 Å². The molecule has 3 rings (SSSR count). The van der Waals surface area contributed by atoms with Crippen LogP contribution in [0.15, 0.2) is 36.5 Å². The van der Waals surface area contributed by atoms with E-state index in [9.17, 15) is 18.0 Å². The zero-order valence-electron chi connectivity index (χ0n) is 14.6. The molecule has 10 heteroatoms. The van der Waals surface area contributed by atoms with Crippen molar-refractivity contribution in [3.63, 3.8) is 0 Å². The van der Waals surface area contributed by atoms with Gasteiger partial charge in [-0.25, -0.2) is 4.98 Å². The van der Waals surface area contributed by atoms with Crippen molar-refractivity contribution in [2.45, 2.75) is 6.18 Å². The van der Waals surface area contributed by atoms with Gasteiger partial charge < -0.3 is 15.1 Å². The van der Waals surface area contributed by atoms with Gasteiger partial charge in [-0.2, -0.15) is 13.2 Å². The Bertz CT molecular complexity index is 855. The number of hydrogen-bond donors (Lipinski definition) is 1. The summed E-state index contributed by atoms with van der Waals surface area (Å²) in [7, 11) is 0. The van der Waals surface area contributed by atoms with E-state index in [1.165, 1.54) is 0 Å². The summed E-state index contributed by atoms with van der Waals surface area (Å²) in [6, 6.07) is 8.00. The minimum atomic E-state index is -4.49. The molecule has 1 fully saturated rings. The van der Waals surface area contributed by atoms with Crippen LogP contribution in [-0.2, 0) is 11.0 Å². The number of nitrogens with zero attached hydrogens (tertiary/aromatic N) is 3. The van der Waals surface area contributed by atoms with Crippen LogP contribution in [0.5, 0.6) is 0 Å². The monoisotopic (exact) mass is 432 g/mol. The van der Waals surface area contributed by atoms with Gasteiger partial charge in [0, 0.05) is 32.4 Å². The molecule has 0 radical (unpaired) electrons. The molecule has 0 unspecified atom stereocenters. The minimum Gasteiger partial charge on any atom is -0.375 e. The summed E-state index contributed by atoms with van der Waals surface area (Å²) in [6.07, 6.45) is -3.72. The largest absolute Gasteiger partial charge is 0.417 e. The molecule has 0 spiro atoms. The molecule has 0 atom stereocenters. The summed E-state index contributed by atoms with van der Waals surface area (Å²) < 4.78 is 38.2. The Morgan fingerprint density at radius 1 is 1.11 bits per heavy atom. The van der Waals surface area contributed by atoms with E-state index in [-0.39, 0.29) is 23.3 Å². The molecule has 28 heavy (non-hydrogen) atoms. The topological polar surface area (TPSA) is 48.5 Å². The molecule has 0 saturated carbocycles. The van der Waals surface area contributed by atoms with Crippen molar-refractivity contribution < 1.29 is 18.0 Å². The smallest absolute Gasteiger partial charge is 0.375 e. The number of para-hydroxylation sites is 1. The first kappa shape index (κ1) is 20.5. The Kier molecular flexibility index (Phi) is 6.20. The SMILES string of the molecule is O=C(CNc1ccccc1Cl)N1CCN(c2ncc(C(F)(F)F)cc2Cl)CC1. The van der Waals surface area contributed by atoms with Crippen LogP contribution in [-0.4, -0.2) is 48.5 Å². The molecule has 1 aromatic carbocycles. The normalized spacial score (nSPS) is 14.9. The molecule has 1 saturated heterocycles. The second-order valence-electron chi connectivity index (χ2n) is 6.23. The number of benzene rings is 1. The summed E-state index contributed by atoms with van der Waals surface area (Å²) in [5.41, 5.74) is -0.211. The number of amides is 1. The summed E-state index contributed by atoms with van der Waals surface area (Å²) >= 11 is 12.0. The Morgan fingerprint density at radius 3 is 2.39 bits per heavy atom. The molecule has 150 valence electrons. The summed E-state index contributed by atoms with van der Waals surface area (Å²) in [4.78, 5) is 19.7. The van der Waals surface area contributed by atoms with Crippen LogP contribution in [0, 0.1) is 0 Å². The molecule has 1 N–H and O–H groups in total. The van der Waals surface area contributed by atoms with E-state index < -0.39 is 11.7 Å². The predicted molar refractivity (Wildman–Crippen MR) is 103 cm³/mol. The van der Waals surface area contributed by atoms with E-state index in [2.05, 4.69) is 10.3 Å². The highest BCUT2D eigenvalue weighted by molar-refractivity contribution is 6.33. The lowest BCUT2D eigenvalue weighted by Crippen LogP contribution is -2.50. The van der Waals surface area contributed by atoms with Gasteiger partial charge in [-0.1, -0.05) is 35.3 Å². The minimum absolute atomic E-state index is 0.0602. The quantitative estimate of drug-likeness (QED) is 0.787. The lowest BCUT2D eigenvalue weighted by atomic mass is 10.2. The zero-order chi connectivity index (χ0) is 20.3. The van der Waals surface area contributed by atoms with Crippen LogP contribution in [0.1, 0.15) is 5.56 Å². The summed E-state index contributed by atoms with van der Waals surface area (Å²) in [5, 5.41) is 3.48.